The first-order valence-electron chi connectivity index (χ1n) is 8.96. The molecule has 1 fully saturated rings. The molecule has 1 atom stereocenters. The minimum absolute atomic E-state index is 0.108. The molecule has 8 nitrogen and oxygen atoms in total. The van der Waals surface area contributed by atoms with E-state index in [0.29, 0.717) is 12.4 Å². The SMILES string of the molecule is Cc1ccc(OCCNC(=O)c2c[nH]c(=O)n(CC3CCCO3)c2=O)cc1. The van der Waals surface area contributed by atoms with Gasteiger partial charge in [0.15, 0.2) is 0 Å². The quantitative estimate of drug-likeness (QED) is 0.700. The van der Waals surface area contributed by atoms with Crippen LogP contribution < -0.4 is 21.3 Å². The minimum Gasteiger partial charge on any atom is -0.492 e. The van der Waals surface area contributed by atoms with Gasteiger partial charge in [-0.3, -0.25) is 14.2 Å². The second-order valence-electron chi connectivity index (χ2n) is 6.48. The van der Waals surface area contributed by atoms with Crippen LogP contribution in [0.5, 0.6) is 5.75 Å². The van der Waals surface area contributed by atoms with Crippen LogP contribution in [0.4, 0.5) is 0 Å². The Balaban J connectivity index is 1.58. The number of carbonyl (C=O) groups is 1. The first-order chi connectivity index (χ1) is 13.0. The lowest BCUT2D eigenvalue weighted by molar-refractivity contribution is 0.0919. The fourth-order valence-corrected chi connectivity index (χ4v) is 2.89. The molecule has 0 radical (unpaired) electrons. The van der Waals surface area contributed by atoms with E-state index in [4.69, 9.17) is 9.47 Å². The van der Waals surface area contributed by atoms with E-state index in [-0.39, 0.29) is 31.4 Å². The highest BCUT2D eigenvalue weighted by Crippen LogP contribution is 2.12. The zero-order valence-electron chi connectivity index (χ0n) is 15.2. The van der Waals surface area contributed by atoms with Gasteiger partial charge in [0.05, 0.1) is 19.2 Å². The van der Waals surface area contributed by atoms with Crippen LogP contribution in [0.2, 0.25) is 0 Å². The zero-order chi connectivity index (χ0) is 19.2. The molecule has 0 saturated carbocycles. The van der Waals surface area contributed by atoms with Crippen molar-refractivity contribution in [3.8, 4) is 5.75 Å². The van der Waals surface area contributed by atoms with E-state index >= 15 is 0 Å². The molecular weight excluding hydrogens is 350 g/mol. The number of benzene rings is 1. The number of aromatic nitrogens is 2. The molecule has 1 aliphatic rings. The molecule has 0 bridgehead atoms. The molecule has 3 rings (SSSR count). The molecule has 0 spiro atoms. The molecule has 1 aromatic carbocycles. The summed E-state index contributed by atoms with van der Waals surface area (Å²) in [4.78, 5) is 39.2. The van der Waals surface area contributed by atoms with Crippen LogP contribution in [0.1, 0.15) is 28.8 Å². The zero-order valence-corrected chi connectivity index (χ0v) is 15.2. The lowest BCUT2D eigenvalue weighted by Crippen LogP contribution is -2.43. The molecule has 2 N–H and O–H groups in total. The van der Waals surface area contributed by atoms with E-state index in [2.05, 4.69) is 10.3 Å². The fourth-order valence-electron chi connectivity index (χ4n) is 2.89. The van der Waals surface area contributed by atoms with Crippen LogP contribution in [0, 0.1) is 6.92 Å². The summed E-state index contributed by atoms with van der Waals surface area (Å²) >= 11 is 0. The summed E-state index contributed by atoms with van der Waals surface area (Å²) < 4.78 is 12.0. The van der Waals surface area contributed by atoms with Gasteiger partial charge in [0.1, 0.15) is 17.9 Å². The van der Waals surface area contributed by atoms with Gasteiger partial charge in [-0.1, -0.05) is 17.7 Å². The number of nitrogens with one attached hydrogen (secondary N) is 2. The number of hydrogen-bond acceptors (Lipinski definition) is 5. The Morgan fingerprint density at radius 3 is 2.81 bits per heavy atom. The van der Waals surface area contributed by atoms with Gasteiger partial charge >= 0.3 is 5.69 Å². The van der Waals surface area contributed by atoms with Gasteiger partial charge in [-0.15, -0.1) is 0 Å². The van der Waals surface area contributed by atoms with Gasteiger partial charge in [-0.05, 0) is 31.9 Å². The smallest absolute Gasteiger partial charge is 0.328 e. The summed E-state index contributed by atoms with van der Waals surface area (Å²) in [5, 5.41) is 2.63. The Kier molecular flexibility index (Phi) is 6.08. The molecule has 8 heteroatoms. The van der Waals surface area contributed by atoms with Crippen LogP contribution in [0.25, 0.3) is 0 Å². The Morgan fingerprint density at radius 2 is 2.11 bits per heavy atom. The summed E-state index contributed by atoms with van der Waals surface area (Å²) in [5.74, 6) is 0.155. The Bertz CT molecular complexity index is 895. The first-order valence-corrected chi connectivity index (χ1v) is 8.96. The first kappa shape index (κ1) is 18.9. The van der Waals surface area contributed by atoms with Crippen LogP contribution in [0.15, 0.2) is 40.1 Å². The average molecular weight is 373 g/mol. The van der Waals surface area contributed by atoms with Crippen molar-refractivity contribution in [2.45, 2.75) is 32.4 Å². The third-order valence-electron chi connectivity index (χ3n) is 4.39. The third-order valence-corrected chi connectivity index (χ3v) is 4.39. The lowest BCUT2D eigenvalue weighted by Gasteiger charge is -2.12. The number of amides is 1. The van der Waals surface area contributed by atoms with E-state index in [9.17, 15) is 14.4 Å². The standard InChI is InChI=1S/C19H23N3O5/c1-13-4-6-14(7-5-13)27-10-8-20-17(23)16-11-21-19(25)22(18(16)24)12-15-3-2-9-26-15/h4-7,11,15H,2-3,8-10,12H2,1H3,(H,20,23)(H,21,25). The van der Waals surface area contributed by atoms with E-state index in [1.807, 2.05) is 31.2 Å². The molecule has 1 unspecified atom stereocenters. The van der Waals surface area contributed by atoms with Gasteiger partial charge in [-0.2, -0.15) is 0 Å². The van der Waals surface area contributed by atoms with Gasteiger partial charge in [0, 0.05) is 12.8 Å². The highest BCUT2D eigenvalue weighted by molar-refractivity contribution is 5.93. The summed E-state index contributed by atoms with van der Waals surface area (Å²) in [6, 6.07) is 7.57. The van der Waals surface area contributed by atoms with E-state index < -0.39 is 17.2 Å². The van der Waals surface area contributed by atoms with Gasteiger partial charge in [0.2, 0.25) is 0 Å². The Morgan fingerprint density at radius 1 is 1.33 bits per heavy atom. The Labute approximate surface area is 156 Å². The molecule has 0 aliphatic carbocycles. The molecule has 27 heavy (non-hydrogen) atoms. The topological polar surface area (TPSA) is 102 Å². The van der Waals surface area contributed by atoms with Crippen LogP contribution >= 0.6 is 0 Å². The predicted molar refractivity (Wildman–Crippen MR) is 99.3 cm³/mol. The number of aryl methyl sites for hydroxylation is 1. The van der Waals surface area contributed by atoms with E-state index in [0.717, 1.165) is 29.2 Å². The minimum atomic E-state index is -0.619. The monoisotopic (exact) mass is 373 g/mol. The lowest BCUT2D eigenvalue weighted by atomic mass is 10.2. The maximum absolute atomic E-state index is 12.5. The highest BCUT2D eigenvalue weighted by Gasteiger charge is 2.20. The molecule has 1 amide bonds. The summed E-state index contributed by atoms with van der Waals surface area (Å²) in [5.41, 5.74) is -0.142. The maximum atomic E-state index is 12.5. The van der Waals surface area contributed by atoms with Crippen molar-refractivity contribution >= 4 is 5.91 Å². The molecule has 144 valence electrons. The van der Waals surface area contributed by atoms with Crippen molar-refractivity contribution in [3.63, 3.8) is 0 Å². The van der Waals surface area contributed by atoms with Crippen molar-refractivity contribution in [2.24, 2.45) is 0 Å². The number of nitrogens with zero attached hydrogens (tertiary/aromatic N) is 1. The molecule has 2 aromatic rings. The molecule has 2 heterocycles. The van der Waals surface area contributed by atoms with Crippen molar-refractivity contribution in [2.75, 3.05) is 19.8 Å². The van der Waals surface area contributed by atoms with Crippen molar-refractivity contribution < 1.29 is 14.3 Å². The molecule has 1 aromatic heterocycles. The van der Waals surface area contributed by atoms with E-state index in [1.54, 1.807) is 0 Å². The van der Waals surface area contributed by atoms with Crippen molar-refractivity contribution in [3.05, 3.63) is 62.4 Å². The number of ether oxygens (including phenoxy) is 2. The van der Waals surface area contributed by atoms with Gasteiger partial charge in [-0.25, -0.2) is 4.79 Å². The molecule has 1 saturated heterocycles. The Hall–Kier alpha value is -2.87. The predicted octanol–water partition coefficient (Wildman–Crippen LogP) is 0.833. The van der Waals surface area contributed by atoms with Gasteiger partial charge < -0.3 is 19.8 Å². The number of aromatic amines is 1. The third kappa shape index (κ3) is 4.85. The van der Waals surface area contributed by atoms with Crippen molar-refractivity contribution in [1.29, 1.82) is 0 Å². The summed E-state index contributed by atoms with van der Waals surface area (Å²) in [6.45, 7) is 3.25. The molecular formula is C19H23N3O5. The highest BCUT2D eigenvalue weighted by atomic mass is 16.5. The van der Waals surface area contributed by atoms with Crippen molar-refractivity contribution in [1.82, 2.24) is 14.9 Å². The second kappa shape index (κ2) is 8.68. The second-order valence-corrected chi connectivity index (χ2v) is 6.48. The average Bonchev–Trinajstić information content (AvgIpc) is 3.17. The molecule has 1 aliphatic heterocycles. The normalized spacial score (nSPS) is 16.3. The number of H-pyrrole nitrogens is 1. The fraction of sp³-hybridized carbons (Fsp3) is 0.421. The maximum Gasteiger partial charge on any atom is 0.328 e. The largest absolute Gasteiger partial charge is 0.492 e. The van der Waals surface area contributed by atoms with Gasteiger partial charge in [0.25, 0.3) is 11.5 Å². The van der Waals surface area contributed by atoms with Crippen LogP contribution in [-0.2, 0) is 11.3 Å². The number of carbonyl (C=O) groups excluding carboxylic acids is 1. The van der Waals surface area contributed by atoms with Crippen LogP contribution in [0.3, 0.4) is 0 Å². The van der Waals surface area contributed by atoms with Crippen LogP contribution in [-0.4, -0.2) is 41.3 Å². The number of rotatable bonds is 7. The number of hydrogen-bond donors (Lipinski definition) is 2. The summed E-state index contributed by atoms with van der Waals surface area (Å²) in [7, 11) is 0. The van der Waals surface area contributed by atoms with E-state index in [1.165, 1.54) is 0 Å². The summed E-state index contributed by atoms with van der Waals surface area (Å²) in [6.07, 6.45) is 2.66.